The van der Waals surface area contributed by atoms with Crippen LogP contribution in [0.5, 0.6) is 5.88 Å². The van der Waals surface area contributed by atoms with Crippen LogP contribution < -0.4 is 0 Å². The van der Waals surface area contributed by atoms with Gasteiger partial charge in [0, 0.05) is 11.6 Å². The highest BCUT2D eigenvalue weighted by Crippen LogP contribution is 2.32. The minimum absolute atomic E-state index is 0.169. The SMILES string of the molecule is CC(C)(c1ccccc1)n1nc(-c2ccccc2)cc1O. The van der Waals surface area contributed by atoms with Gasteiger partial charge < -0.3 is 5.11 Å². The Bertz CT molecular complexity index is 730. The van der Waals surface area contributed by atoms with E-state index < -0.39 is 5.54 Å². The Labute approximate surface area is 124 Å². The van der Waals surface area contributed by atoms with Crippen LogP contribution in [0.15, 0.2) is 66.7 Å². The van der Waals surface area contributed by atoms with Gasteiger partial charge in [-0.05, 0) is 19.4 Å². The lowest BCUT2D eigenvalue weighted by Crippen LogP contribution is -2.28. The van der Waals surface area contributed by atoms with E-state index in [-0.39, 0.29) is 5.88 Å². The first-order valence-corrected chi connectivity index (χ1v) is 6.99. The highest BCUT2D eigenvalue weighted by atomic mass is 16.3. The Morgan fingerprint density at radius 3 is 2.10 bits per heavy atom. The molecule has 3 nitrogen and oxygen atoms in total. The van der Waals surface area contributed by atoms with Gasteiger partial charge in [-0.15, -0.1) is 0 Å². The van der Waals surface area contributed by atoms with Crippen LogP contribution in [0.2, 0.25) is 0 Å². The van der Waals surface area contributed by atoms with Crippen LogP contribution in [0.1, 0.15) is 19.4 Å². The van der Waals surface area contributed by atoms with Gasteiger partial charge in [-0.3, -0.25) is 0 Å². The van der Waals surface area contributed by atoms with Gasteiger partial charge in [-0.1, -0.05) is 60.7 Å². The van der Waals surface area contributed by atoms with Crippen molar-refractivity contribution in [3.05, 3.63) is 72.3 Å². The Morgan fingerprint density at radius 1 is 0.905 bits per heavy atom. The zero-order valence-corrected chi connectivity index (χ0v) is 12.2. The number of aromatic hydroxyl groups is 1. The van der Waals surface area contributed by atoms with Gasteiger partial charge in [-0.2, -0.15) is 5.10 Å². The van der Waals surface area contributed by atoms with Gasteiger partial charge in [0.25, 0.3) is 0 Å². The number of rotatable bonds is 3. The zero-order valence-electron chi connectivity index (χ0n) is 12.2. The van der Waals surface area contributed by atoms with Crippen LogP contribution in [0, 0.1) is 0 Å². The molecule has 3 aromatic rings. The summed E-state index contributed by atoms with van der Waals surface area (Å²) in [4.78, 5) is 0. The van der Waals surface area contributed by atoms with Crippen molar-refractivity contribution in [1.82, 2.24) is 9.78 Å². The quantitative estimate of drug-likeness (QED) is 0.785. The fraction of sp³-hybridized carbons (Fsp3) is 0.167. The number of nitrogens with zero attached hydrogens (tertiary/aromatic N) is 2. The number of aromatic nitrogens is 2. The molecule has 3 rings (SSSR count). The fourth-order valence-electron chi connectivity index (χ4n) is 2.50. The molecule has 106 valence electrons. The van der Waals surface area contributed by atoms with Crippen molar-refractivity contribution in [1.29, 1.82) is 0 Å². The predicted octanol–water partition coefficient (Wildman–Crippen LogP) is 4.04. The summed E-state index contributed by atoms with van der Waals surface area (Å²) < 4.78 is 1.67. The summed E-state index contributed by atoms with van der Waals surface area (Å²) in [5, 5.41) is 14.9. The minimum atomic E-state index is -0.418. The molecule has 0 saturated heterocycles. The summed E-state index contributed by atoms with van der Waals surface area (Å²) >= 11 is 0. The second-order valence-electron chi connectivity index (χ2n) is 5.59. The third kappa shape index (κ3) is 2.42. The van der Waals surface area contributed by atoms with Crippen molar-refractivity contribution in [2.75, 3.05) is 0 Å². The Balaban J connectivity index is 2.06. The van der Waals surface area contributed by atoms with E-state index in [1.54, 1.807) is 10.7 Å². The van der Waals surface area contributed by atoms with E-state index in [2.05, 4.69) is 5.10 Å². The van der Waals surface area contributed by atoms with Crippen molar-refractivity contribution in [3.63, 3.8) is 0 Å². The molecule has 0 bridgehead atoms. The molecule has 0 spiro atoms. The van der Waals surface area contributed by atoms with Gasteiger partial charge in [0.1, 0.15) is 0 Å². The number of hydrogen-bond donors (Lipinski definition) is 1. The first kappa shape index (κ1) is 13.4. The Hall–Kier alpha value is -2.55. The summed E-state index contributed by atoms with van der Waals surface area (Å²) in [6.07, 6.45) is 0. The predicted molar refractivity (Wildman–Crippen MR) is 84.2 cm³/mol. The van der Waals surface area contributed by atoms with E-state index in [9.17, 15) is 5.11 Å². The number of benzene rings is 2. The lowest BCUT2D eigenvalue weighted by atomic mass is 9.95. The number of hydrogen-bond acceptors (Lipinski definition) is 2. The highest BCUT2D eigenvalue weighted by molar-refractivity contribution is 5.60. The van der Waals surface area contributed by atoms with Crippen LogP contribution >= 0.6 is 0 Å². The first-order valence-electron chi connectivity index (χ1n) is 6.99. The van der Waals surface area contributed by atoms with Crippen LogP contribution in [-0.2, 0) is 5.54 Å². The highest BCUT2D eigenvalue weighted by Gasteiger charge is 2.27. The molecule has 0 unspecified atom stereocenters. The maximum Gasteiger partial charge on any atom is 0.210 e. The van der Waals surface area contributed by atoms with E-state index in [1.807, 2.05) is 74.5 Å². The fourth-order valence-corrected chi connectivity index (χ4v) is 2.50. The van der Waals surface area contributed by atoms with Crippen molar-refractivity contribution >= 4 is 0 Å². The van der Waals surface area contributed by atoms with Crippen LogP contribution in [-0.4, -0.2) is 14.9 Å². The average Bonchev–Trinajstić information content (AvgIpc) is 2.92. The molecule has 1 N–H and O–H groups in total. The molecule has 0 amide bonds. The molecule has 21 heavy (non-hydrogen) atoms. The van der Waals surface area contributed by atoms with Gasteiger partial charge >= 0.3 is 0 Å². The Kier molecular flexibility index (Phi) is 3.26. The summed E-state index contributed by atoms with van der Waals surface area (Å²) in [7, 11) is 0. The second kappa shape index (κ2) is 5.09. The van der Waals surface area contributed by atoms with Gasteiger partial charge in [0.15, 0.2) is 0 Å². The van der Waals surface area contributed by atoms with E-state index in [0.29, 0.717) is 0 Å². The first-order chi connectivity index (χ1) is 10.1. The molecule has 0 saturated carbocycles. The maximum atomic E-state index is 10.3. The normalized spacial score (nSPS) is 11.5. The molecule has 0 aliphatic carbocycles. The maximum absolute atomic E-state index is 10.3. The van der Waals surface area contributed by atoms with E-state index in [0.717, 1.165) is 16.8 Å². The van der Waals surface area contributed by atoms with E-state index in [4.69, 9.17) is 0 Å². The lowest BCUT2D eigenvalue weighted by Gasteiger charge is -2.26. The molecule has 0 radical (unpaired) electrons. The van der Waals surface area contributed by atoms with Crippen molar-refractivity contribution in [2.24, 2.45) is 0 Å². The van der Waals surface area contributed by atoms with E-state index >= 15 is 0 Å². The Morgan fingerprint density at radius 2 is 1.48 bits per heavy atom. The largest absolute Gasteiger partial charge is 0.493 e. The van der Waals surface area contributed by atoms with Gasteiger partial charge in [0.2, 0.25) is 5.88 Å². The van der Waals surface area contributed by atoms with Gasteiger partial charge in [-0.25, -0.2) is 4.68 Å². The molecule has 0 atom stereocenters. The molecule has 1 heterocycles. The lowest BCUT2D eigenvalue weighted by molar-refractivity contribution is 0.316. The summed E-state index contributed by atoms with van der Waals surface area (Å²) in [6.45, 7) is 4.09. The van der Waals surface area contributed by atoms with Crippen LogP contribution in [0.3, 0.4) is 0 Å². The van der Waals surface area contributed by atoms with Crippen LogP contribution in [0.4, 0.5) is 0 Å². The molecule has 1 aromatic heterocycles. The summed E-state index contributed by atoms with van der Waals surface area (Å²) in [6, 6.07) is 21.6. The molecule has 0 aliphatic heterocycles. The van der Waals surface area contributed by atoms with Gasteiger partial charge in [0.05, 0.1) is 11.2 Å². The topological polar surface area (TPSA) is 38.0 Å². The molecule has 3 heteroatoms. The van der Waals surface area contributed by atoms with E-state index in [1.165, 1.54) is 0 Å². The molecular formula is C18H18N2O. The minimum Gasteiger partial charge on any atom is -0.493 e. The molecular weight excluding hydrogens is 260 g/mol. The van der Waals surface area contributed by atoms with Crippen LogP contribution in [0.25, 0.3) is 11.3 Å². The molecule has 2 aromatic carbocycles. The summed E-state index contributed by atoms with van der Waals surface area (Å²) in [5.41, 5.74) is 2.45. The molecule has 0 fully saturated rings. The second-order valence-corrected chi connectivity index (χ2v) is 5.59. The zero-order chi connectivity index (χ0) is 14.9. The summed E-state index contributed by atoms with van der Waals surface area (Å²) in [5.74, 6) is 0.169. The van der Waals surface area contributed by atoms with Crippen molar-refractivity contribution in [2.45, 2.75) is 19.4 Å². The molecule has 0 aliphatic rings. The average molecular weight is 278 g/mol. The standard InChI is InChI=1S/C18H18N2O/c1-18(2,15-11-7-4-8-12-15)20-17(21)13-16(19-20)14-9-5-3-6-10-14/h3-13,21H,1-2H3. The third-order valence-electron chi connectivity index (χ3n) is 3.77. The smallest absolute Gasteiger partial charge is 0.210 e. The third-order valence-corrected chi connectivity index (χ3v) is 3.77. The van der Waals surface area contributed by atoms with Crippen molar-refractivity contribution in [3.8, 4) is 17.1 Å². The monoisotopic (exact) mass is 278 g/mol. The van der Waals surface area contributed by atoms with Crippen molar-refractivity contribution < 1.29 is 5.11 Å².